The average Bonchev–Trinajstić information content (AvgIpc) is 2.55. The van der Waals surface area contributed by atoms with Crippen LogP contribution in [0, 0.1) is 13.8 Å². The van der Waals surface area contributed by atoms with Crippen molar-refractivity contribution in [3.8, 4) is 17.0 Å². The van der Waals surface area contributed by atoms with Gasteiger partial charge in [0, 0.05) is 23.5 Å². The molecule has 2 N–H and O–H groups in total. The quantitative estimate of drug-likeness (QED) is 0.777. The van der Waals surface area contributed by atoms with Gasteiger partial charge in [-0.25, -0.2) is 0 Å². The molecule has 2 heterocycles. The molecule has 116 valence electrons. The highest BCUT2D eigenvalue weighted by Gasteiger charge is 2.16. The van der Waals surface area contributed by atoms with Gasteiger partial charge in [-0.05, 0) is 49.2 Å². The van der Waals surface area contributed by atoms with Gasteiger partial charge in [0.25, 0.3) is 0 Å². The lowest BCUT2D eigenvalue weighted by atomic mass is 10.0. The van der Waals surface area contributed by atoms with E-state index in [1.54, 1.807) is 36.7 Å². The zero-order chi connectivity index (χ0) is 16.4. The van der Waals surface area contributed by atoms with Crippen molar-refractivity contribution in [1.29, 1.82) is 0 Å². The standard InChI is InChI=1S/C18H17N3O2/c1-11-5-6-14(16(22)8-11)17-12(2)9-15(20-21-17)18(23)13-4-3-7-19-10-13/h3-10,18,22-23H,1-2H3. The van der Waals surface area contributed by atoms with E-state index in [2.05, 4.69) is 15.2 Å². The lowest BCUT2D eigenvalue weighted by molar-refractivity contribution is 0.213. The van der Waals surface area contributed by atoms with Crippen molar-refractivity contribution in [3.05, 3.63) is 71.2 Å². The topological polar surface area (TPSA) is 79.1 Å². The number of hydrogen-bond acceptors (Lipinski definition) is 5. The van der Waals surface area contributed by atoms with Gasteiger partial charge >= 0.3 is 0 Å². The van der Waals surface area contributed by atoms with Gasteiger partial charge in [0.15, 0.2) is 0 Å². The first-order valence-electron chi connectivity index (χ1n) is 7.28. The fraction of sp³-hybridized carbons (Fsp3) is 0.167. The lowest BCUT2D eigenvalue weighted by Crippen LogP contribution is -2.06. The highest BCUT2D eigenvalue weighted by atomic mass is 16.3. The largest absolute Gasteiger partial charge is 0.507 e. The number of aliphatic hydroxyl groups excluding tert-OH is 1. The van der Waals surface area contributed by atoms with Gasteiger partial charge in [-0.15, -0.1) is 5.10 Å². The molecule has 1 atom stereocenters. The zero-order valence-electron chi connectivity index (χ0n) is 12.9. The van der Waals surface area contributed by atoms with Crippen LogP contribution in [0.1, 0.15) is 28.5 Å². The number of aromatic nitrogens is 3. The maximum absolute atomic E-state index is 10.4. The number of phenols is 1. The molecule has 5 heteroatoms. The van der Waals surface area contributed by atoms with Crippen LogP contribution in [-0.4, -0.2) is 25.4 Å². The molecule has 0 aliphatic heterocycles. The molecule has 0 amide bonds. The normalized spacial score (nSPS) is 12.1. The predicted molar refractivity (Wildman–Crippen MR) is 86.9 cm³/mol. The molecule has 0 fully saturated rings. The molecule has 3 rings (SSSR count). The monoisotopic (exact) mass is 307 g/mol. The number of aromatic hydroxyl groups is 1. The summed E-state index contributed by atoms with van der Waals surface area (Å²) in [6.45, 7) is 3.79. The highest BCUT2D eigenvalue weighted by Crippen LogP contribution is 2.31. The predicted octanol–water partition coefficient (Wildman–Crippen LogP) is 2.94. The summed E-state index contributed by atoms with van der Waals surface area (Å²) < 4.78 is 0. The summed E-state index contributed by atoms with van der Waals surface area (Å²) in [6, 6.07) is 10.7. The summed E-state index contributed by atoms with van der Waals surface area (Å²) >= 11 is 0. The van der Waals surface area contributed by atoms with E-state index in [9.17, 15) is 10.2 Å². The summed E-state index contributed by atoms with van der Waals surface area (Å²) in [5.74, 6) is 0.169. The number of nitrogens with zero attached hydrogens (tertiary/aromatic N) is 3. The van der Waals surface area contributed by atoms with E-state index in [0.717, 1.165) is 11.1 Å². The Bertz CT molecular complexity index is 835. The molecular weight excluding hydrogens is 290 g/mol. The smallest absolute Gasteiger partial charge is 0.125 e. The molecule has 0 radical (unpaired) electrons. The molecule has 0 aliphatic rings. The zero-order valence-corrected chi connectivity index (χ0v) is 12.9. The lowest BCUT2D eigenvalue weighted by Gasteiger charge is -2.12. The minimum absolute atomic E-state index is 0.169. The van der Waals surface area contributed by atoms with Crippen molar-refractivity contribution >= 4 is 0 Å². The van der Waals surface area contributed by atoms with E-state index in [1.807, 2.05) is 26.0 Å². The van der Waals surface area contributed by atoms with Crippen molar-refractivity contribution in [2.24, 2.45) is 0 Å². The van der Waals surface area contributed by atoms with Crippen molar-refractivity contribution in [2.75, 3.05) is 0 Å². The summed E-state index contributed by atoms with van der Waals surface area (Å²) in [5, 5.41) is 28.8. The van der Waals surface area contributed by atoms with Gasteiger partial charge in [-0.2, -0.15) is 5.10 Å². The molecule has 0 spiro atoms. The Kier molecular flexibility index (Phi) is 4.04. The SMILES string of the molecule is Cc1ccc(-c2nnc(C(O)c3cccnc3)cc2C)c(O)c1. The van der Waals surface area contributed by atoms with Gasteiger partial charge in [-0.1, -0.05) is 12.1 Å². The first-order chi connectivity index (χ1) is 11.1. The van der Waals surface area contributed by atoms with Gasteiger partial charge in [-0.3, -0.25) is 4.98 Å². The molecule has 3 aromatic rings. The second-order valence-corrected chi connectivity index (χ2v) is 5.51. The average molecular weight is 307 g/mol. The fourth-order valence-electron chi connectivity index (χ4n) is 2.46. The molecule has 0 bridgehead atoms. The molecule has 0 aliphatic carbocycles. The number of pyridine rings is 1. The molecule has 0 saturated carbocycles. The first-order valence-corrected chi connectivity index (χ1v) is 7.28. The maximum atomic E-state index is 10.4. The van der Waals surface area contributed by atoms with Gasteiger partial charge in [0.05, 0.1) is 11.4 Å². The van der Waals surface area contributed by atoms with Crippen molar-refractivity contribution in [1.82, 2.24) is 15.2 Å². The van der Waals surface area contributed by atoms with E-state index in [0.29, 0.717) is 22.5 Å². The summed E-state index contributed by atoms with van der Waals surface area (Å²) in [4.78, 5) is 4.00. The minimum Gasteiger partial charge on any atom is -0.507 e. The molecule has 2 aromatic heterocycles. The molecule has 1 aromatic carbocycles. The van der Waals surface area contributed by atoms with E-state index in [-0.39, 0.29) is 5.75 Å². The van der Waals surface area contributed by atoms with E-state index in [4.69, 9.17) is 0 Å². The van der Waals surface area contributed by atoms with Crippen LogP contribution < -0.4 is 0 Å². The number of aryl methyl sites for hydroxylation is 2. The van der Waals surface area contributed by atoms with Crippen molar-refractivity contribution < 1.29 is 10.2 Å². The second kappa shape index (κ2) is 6.14. The maximum Gasteiger partial charge on any atom is 0.125 e. The Morgan fingerprint density at radius 3 is 2.52 bits per heavy atom. The van der Waals surface area contributed by atoms with Gasteiger partial charge in [0.2, 0.25) is 0 Å². The van der Waals surface area contributed by atoms with Crippen molar-refractivity contribution in [2.45, 2.75) is 20.0 Å². The Morgan fingerprint density at radius 2 is 1.87 bits per heavy atom. The van der Waals surface area contributed by atoms with Crippen LogP contribution in [0.4, 0.5) is 0 Å². The number of rotatable bonds is 3. The number of hydrogen-bond donors (Lipinski definition) is 2. The Hall–Kier alpha value is -2.79. The number of phenolic OH excluding ortho intramolecular Hbond substituents is 1. The third-order valence-electron chi connectivity index (χ3n) is 3.69. The third-order valence-corrected chi connectivity index (χ3v) is 3.69. The number of aliphatic hydroxyl groups is 1. The number of benzene rings is 1. The summed E-state index contributed by atoms with van der Waals surface area (Å²) in [6.07, 6.45) is 2.37. The molecule has 5 nitrogen and oxygen atoms in total. The first kappa shape index (κ1) is 15.1. The highest BCUT2D eigenvalue weighted by molar-refractivity contribution is 5.69. The van der Waals surface area contributed by atoms with Crippen LogP contribution in [0.5, 0.6) is 5.75 Å². The van der Waals surface area contributed by atoms with Crippen LogP contribution in [0.3, 0.4) is 0 Å². The Balaban J connectivity index is 1.98. The van der Waals surface area contributed by atoms with E-state index < -0.39 is 6.10 Å². The van der Waals surface area contributed by atoms with Crippen LogP contribution >= 0.6 is 0 Å². The Labute approximate surface area is 134 Å². The van der Waals surface area contributed by atoms with Crippen LogP contribution in [-0.2, 0) is 0 Å². The van der Waals surface area contributed by atoms with Gasteiger partial charge in [0.1, 0.15) is 11.9 Å². The Morgan fingerprint density at radius 1 is 1.04 bits per heavy atom. The van der Waals surface area contributed by atoms with Crippen LogP contribution in [0.2, 0.25) is 0 Å². The van der Waals surface area contributed by atoms with Crippen LogP contribution in [0.15, 0.2) is 48.8 Å². The summed E-state index contributed by atoms with van der Waals surface area (Å²) in [5.41, 5.74) is 4.14. The van der Waals surface area contributed by atoms with Crippen LogP contribution in [0.25, 0.3) is 11.3 Å². The second-order valence-electron chi connectivity index (χ2n) is 5.51. The molecule has 23 heavy (non-hydrogen) atoms. The van der Waals surface area contributed by atoms with E-state index >= 15 is 0 Å². The van der Waals surface area contributed by atoms with E-state index in [1.165, 1.54) is 0 Å². The van der Waals surface area contributed by atoms with Gasteiger partial charge < -0.3 is 10.2 Å². The molecule has 1 unspecified atom stereocenters. The fourth-order valence-corrected chi connectivity index (χ4v) is 2.46. The minimum atomic E-state index is -0.879. The third kappa shape index (κ3) is 3.05. The molecule has 0 saturated heterocycles. The summed E-state index contributed by atoms with van der Waals surface area (Å²) in [7, 11) is 0. The van der Waals surface area contributed by atoms with Crippen molar-refractivity contribution in [3.63, 3.8) is 0 Å². The molecular formula is C18H17N3O2.